The van der Waals surface area contributed by atoms with Crippen molar-refractivity contribution in [2.75, 3.05) is 72.0 Å². The van der Waals surface area contributed by atoms with Crippen LogP contribution < -0.4 is 4.90 Å². The van der Waals surface area contributed by atoms with Crippen molar-refractivity contribution >= 4 is 17.5 Å². The Hall–Kier alpha value is -2.12. The number of hydrogen-bond donors (Lipinski definition) is 0. The quantitative estimate of drug-likeness (QED) is 0.732. The second-order valence-corrected chi connectivity index (χ2v) is 7.75. The third-order valence-corrected chi connectivity index (χ3v) is 5.72. The van der Waals surface area contributed by atoms with Crippen LogP contribution in [0.1, 0.15) is 23.2 Å². The topological polar surface area (TPSA) is 56.3 Å². The molecule has 1 atom stereocenters. The van der Waals surface area contributed by atoms with Crippen LogP contribution in [0.2, 0.25) is 0 Å². The number of likely N-dealkylation sites (tertiary alicyclic amines) is 1. The lowest BCUT2D eigenvalue weighted by Crippen LogP contribution is -2.44. The van der Waals surface area contributed by atoms with Crippen molar-refractivity contribution in [1.82, 2.24) is 14.7 Å². The van der Waals surface area contributed by atoms with E-state index in [1.165, 1.54) is 0 Å². The number of benzene rings is 1. The molecule has 2 aliphatic heterocycles. The van der Waals surface area contributed by atoms with Gasteiger partial charge in [-0.1, -0.05) is 0 Å². The standard InChI is InChI=1S/C21H32N4O3/c1-22(2)18-7-5-17(6-8-18)20(26)24-11-4-10-23(13-14-24)19-9-12-25(21(19)27)15-16-28-3/h5-8,19H,4,9-16H2,1-3H3. The minimum atomic E-state index is -0.0497. The predicted octanol–water partition coefficient (Wildman–Crippen LogP) is 1.15. The summed E-state index contributed by atoms with van der Waals surface area (Å²) in [6.07, 6.45) is 1.76. The van der Waals surface area contributed by atoms with E-state index in [2.05, 4.69) is 4.90 Å². The van der Waals surface area contributed by atoms with Gasteiger partial charge in [-0.3, -0.25) is 14.5 Å². The van der Waals surface area contributed by atoms with Crippen LogP contribution >= 0.6 is 0 Å². The lowest BCUT2D eigenvalue weighted by atomic mass is 10.1. The second kappa shape index (κ2) is 9.39. The number of anilines is 1. The number of ether oxygens (including phenoxy) is 1. The van der Waals surface area contributed by atoms with Gasteiger partial charge in [-0.2, -0.15) is 0 Å². The molecule has 28 heavy (non-hydrogen) atoms. The van der Waals surface area contributed by atoms with Gasteiger partial charge in [0.2, 0.25) is 5.91 Å². The smallest absolute Gasteiger partial charge is 0.253 e. The number of nitrogens with zero attached hydrogens (tertiary/aromatic N) is 4. The molecule has 0 spiro atoms. The summed E-state index contributed by atoms with van der Waals surface area (Å²) in [6, 6.07) is 7.70. The summed E-state index contributed by atoms with van der Waals surface area (Å²) < 4.78 is 5.10. The third-order valence-electron chi connectivity index (χ3n) is 5.72. The van der Waals surface area contributed by atoms with Gasteiger partial charge in [0.05, 0.1) is 12.6 Å². The first-order chi connectivity index (χ1) is 13.5. The van der Waals surface area contributed by atoms with Gasteiger partial charge in [-0.05, 0) is 37.1 Å². The molecule has 0 saturated carbocycles. The van der Waals surface area contributed by atoms with Crippen LogP contribution in [0.4, 0.5) is 5.69 Å². The van der Waals surface area contributed by atoms with Crippen LogP contribution in [-0.4, -0.2) is 99.6 Å². The number of amides is 2. The van der Waals surface area contributed by atoms with E-state index in [0.717, 1.165) is 50.3 Å². The lowest BCUT2D eigenvalue weighted by Gasteiger charge is -2.26. The highest BCUT2D eigenvalue weighted by molar-refractivity contribution is 5.94. The minimum absolute atomic E-state index is 0.0497. The number of rotatable bonds is 6. The minimum Gasteiger partial charge on any atom is -0.383 e. The molecule has 2 amide bonds. The number of hydrogen-bond acceptors (Lipinski definition) is 5. The normalized spacial score (nSPS) is 21.1. The summed E-state index contributed by atoms with van der Waals surface area (Å²) in [6.45, 7) is 5.04. The average Bonchev–Trinajstić information content (AvgIpc) is 2.91. The molecular formula is C21H32N4O3. The van der Waals surface area contributed by atoms with Gasteiger partial charge in [0.15, 0.2) is 0 Å². The Labute approximate surface area is 167 Å². The van der Waals surface area contributed by atoms with E-state index < -0.39 is 0 Å². The van der Waals surface area contributed by atoms with E-state index in [1.807, 2.05) is 53.1 Å². The maximum Gasteiger partial charge on any atom is 0.253 e. The Bertz CT molecular complexity index is 677. The van der Waals surface area contributed by atoms with Crippen molar-refractivity contribution < 1.29 is 14.3 Å². The maximum absolute atomic E-state index is 12.9. The monoisotopic (exact) mass is 388 g/mol. The molecule has 1 unspecified atom stereocenters. The van der Waals surface area contributed by atoms with Crippen LogP contribution in [0.25, 0.3) is 0 Å². The molecular weight excluding hydrogens is 356 g/mol. The van der Waals surface area contributed by atoms with E-state index in [9.17, 15) is 9.59 Å². The molecule has 0 N–H and O–H groups in total. The van der Waals surface area contributed by atoms with Gasteiger partial charge in [-0.25, -0.2) is 0 Å². The lowest BCUT2D eigenvalue weighted by molar-refractivity contribution is -0.132. The first-order valence-corrected chi connectivity index (χ1v) is 10.1. The Morgan fingerprint density at radius 3 is 2.54 bits per heavy atom. The van der Waals surface area contributed by atoms with Crippen LogP contribution in [0.5, 0.6) is 0 Å². The van der Waals surface area contributed by atoms with E-state index in [-0.39, 0.29) is 17.9 Å². The van der Waals surface area contributed by atoms with Gasteiger partial charge in [0, 0.05) is 71.7 Å². The molecule has 3 rings (SSSR count). The zero-order valence-electron chi connectivity index (χ0n) is 17.3. The van der Waals surface area contributed by atoms with E-state index >= 15 is 0 Å². The number of methoxy groups -OCH3 is 1. The van der Waals surface area contributed by atoms with Crippen LogP contribution in [0.3, 0.4) is 0 Å². The molecule has 2 aliphatic rings. The number of carbonyl (C=O) groups is 2. The van der Waals surface area contributed by atoms with Crippen LogP contribution in [-0.2, 0) is 9.53 Å². The van der Waals surface area contributed by atoms with Crippen molar-refractivity contribution in [2.45, 2.75) is 18.9 Å². The van der Waals surface area contributed by atoms with Crippen molar-refractivity contribution in [3.63, 3.8) is 0 Å². The molecule has 2 heterocycles. The first-order valence-electron chi connectivity index (χ1n) is 10.1. The third kappa shape index (κ3) is 4.64. The molecule has 0 aromatic heterocycles. The molecule has 7 heteroatoms. The van der Waals surface area contributed by atoms with Crippen LogP contribution in [0.15, 0.2) is 24.3 Å². The first kappa shape index (κ1) is 20.6. The Kier molecular flexibility index (Phi) is 6.91. The molecule has 0 radical (unpaired) electrons. The van der Waals surface area contributed by atoms with E-state index in [1.54, 1.807) is 7.11 Å². The average molecular weight is 389 g/mol. The highest BCUT2D eigenvalue weighted by atomic mass is 16.5. The molecule has 2 fully saturated rings. The highest BCUT2D eigenvalue weighted by Crippen LogP contribution is 2.20. The van der Waals surface area contributed by atoms with Gasteiger partial charge in [-0.15, -0.1) is 0 Å². The van der Waals surface area contributed by atoms with Gasteiger partial charge in [0.25, 0.3) is 5.91 Å². The largest absolute Gasteiger partial charge is 0.383 e. The molecule has 2 saturated heterocycles. The zero-order chi connectivity index (χ0) is 20.1. The van der Waals surface area contributed by atoms with E-state index in [4.69, 9.17) is 4.74 Å². The highest BCUT2D eigenvalue weighted by Gasteiger charge is 2.36. The fourth-order valence-electron chi connectivity index (χ4n) is 4.02. The summed E-state index contributed by atoms with van der Waals surface area (Å²) in [5.74, 6) is 0.280. The van der Waals surface area contributed by atoms with Crippen molar-refractivity contribution in [3.8, 4) is 0 Å². The SMILES string of the molecule is COCCN1CCC(N2CCCN(C(=O)c3ccc(N(C)C)cc3)CC2)C1=O. The summed E-state index contributed by atoms with van der Waals surface area (Å²) in [7, 11) is 5.63. The summed E-state index contributed by atoms with van der Waals surface area (Å²) in [5, 5.41) is 0. The molecule has 154 valence electrons. The Morgan fingerprint density at radius 2 is 1.86 bits per heavy atom. The summed E-state index contributed by atoms with van der Waals surface area (Å²) >= 11 is 0. The van der Waals surface area contributed by atoms with Gasteiger partial charge < -0.3 is 19.4 Å². The van der Waals surface area contributed by atoms with E-state index in [0.29, 0.717) is 19.7 Å². The van der Waals surface area contributed by atoms with Gasteiger partial charge in [0.1, 0.15) is 0 Å². The summed E-state index contributed by atoms with van der Waals surface area (Å²) in [4.78, 5) is 33.7. The molecule has 1 aromatic carbocycles. The predicted molar refractivity (Wildman–Crippen MR) is 110 cm³/mol. The molecule has 1 aromatic rings. The van der Waals surface area contributed by atoms with Crippen molar-refractivity contribution in [3.05, 3.63) is 29.8 Å². The maximum atomic E-state index is 12.9. The van der Waals surface area contributed by atoms with Crippen molar-refractivity contribution in [2.24, 2.45) is 0 Å². The van der Waals surface area contributed by atoms with Gasteiger partial charge >= 0.3 is 0 Å². The molecule has 0 aliphatic carbocycles. The molecule has 7 nitrogen and oxygen atoms in total. The number of carbonyl (C=O) groups excluding carboxylic acids is 2. The molecule has 0 bridgehead atoms. The summed E-state index contributed by atoms with van der Waals surface area (Å²) in [5.41, 5.74) is 1.80. The Morgan fingerprint density at radius 1 is 1.11 bits per heavy atom. The van der Waals surface area contributed by atoms with Crippen LogP contribution in [0, 0.1) is 0 Å². The second-order valence-electron chi connectivity index (χ2n) is 7.75. The zero-order valence-corrected chi connectivity index (χ0v) is 17.3. The van der Waals surface area contributed by atoms with Crippen molar-refractivity contribution in [1.29, 1.82) is 0 Å². The fourth-order valence-corrected chi connectivity index (χ4v) is 4.02. The fraction of sp³-hybridized carbons (Fsp3) is 0.619. The Balaban J connectivity index is 1.57.